The van der Waals surface area contributed by atoms with Crippen molar-refractivity contribution in [2.24, 2.45) is 17.6 Å². The van der Waals surface area contributed by atoms with E-state index in [2.05, 4.69) is 20.8 Å². The Kier molecular flexibility index (Phi) is 8.53. The molecule has 0 heterocycles. The van der Waals surface area contributed by atoms with Crippen molar-refractivity contribution >= 4 is 0 Å². The minimum absolute atomic E-state index is 0.860. The van der Waals surface area contributed by atoms with Crippen molar-refractivity contribution < 1.29 is 0 Å². The highest BCUT2D eigenvalue weighted by Gasteiger charge is 2.02. The van der Waals surface area contributed by atoms with Gasteiger partial charge in [0.25, 0.3) is 0 Å². The Balaban J connectivity index is 3.15. The molecule has 0 spiro atoms. The summed E-state index contributed by atoms with van der Waals surface area (Å²) in [5, 5.41) is 0. The van der Waals surface area contributed by atoms with Gasteiger partial charge in [0.2, 0.25) is 0 Å². The molecule has 0 amide bonds. The molecule has 80 valence electrons. The van der Waals surface area contributed by atoms with Gasteiger partial charge in [-0.1, -0.05) is 52.9 Å². The van der Waals surface area contributed by atoms with Crippen LogP contribution >= 0.6 is 0 Å². The quantitative estimate of drug-likeness (QED) is 0.575. The molecular weight excluding hydrogens is 158 g/mol. The summed E-state index contributed by atoms with van der Waals surface area (Å²) in [4.78, 5) is 0. The van der Waals surface area contributed by atoms with E-state index in [1.807, 2.05) is 0 Å². The van der Waals surface area contributed by atoms with E-state index in [0.717, 1.165) is 18.4 Å². The monoisotopic (exact) mass is 185 g/mol. The molecule has 0 aliphatic rings. The molecule has 0 bridgehead atoms. The van der Waals surface area contributed by atoms with Gasteiger partial charge in [-0.05, 0) is 24.8 Å². The molecule has 0 saturated carbocycles. The average molecular weight is 185 g/mol. The molecule has 0 radical (unpaired) electrons. The summed E-state index contributed by atoms with van der Waals surface area (Å²) in [5.74, 6) is 1.78. The van der Waals surface area contributed by atoms with Crippen LogP contribution in [0.1, 0.15) is 59.3 Å². The summed E-state index contributed by atoms with van der Waals surface area (Å²) in [5.41, 5.74) is 5.45. The molecule has 0 aliphatic heterocycles. The number of hydrogen-bond acceptors (Lipinski definition) is 1. The summed E-state index contributed by atoms with van der Waals surface area (Å²) in [6, 6.07) is 0. The SMILES string of the molecule is CC(C)CCCC(C)CCCCN. The maximum Gasteiger partial charge on any atom is -0.00773 e. The third-order valence-electron chi connectivity index (χ3n) is 2.63. The molecule has 13 heavy (non-hydrogen) atoms. The van der Waals surface area contributed by atoms with E-state index >= 15 is 0 Å². The maximum absolute atomic E-state index is 5.45. The second-order valence-electron chi connectivity index (χ2n) is 4.71. The van der Waals surface area contributed by atoms with E-state index in [9.17, 15) is 0 Å². The van der Waals surface area contributed by atoms with Crippen LogP contribution in [0.4, 0.5) is 0 Å². The van der Waals surface area contributed by atoms with Crippen LogP contribution in [0.3, 0.4) is 0 Å². The van der Waals surface area contributed by atoms with Gasteiger partial charge in [0.15, 0.2) is 0 Å². The standard InChI is InChI=1S/C12H27N/c1-11(2)7-6-9-12(3)8-4-5-10-13/h11-12H,4-10,13H2,1-3H3. The molecule has 1 heteroatoms. The lowest BCUT2D eigenvalue weighted by molar-refractivity contribution is 0.423. The van der Waals surface area contributed by atoms with Crippen molar-refractivity contribution in [1.82, 2.24) is 0 Å². The summed E-state index contributed by atoms with van der Waals surface area (Å²) < 4.78 is 0. The Labute approximate surface area is 84.1 Å². The second-order valence-corrected chi connectivity index (χ2v) is 4.71. The fourth-order valence-corrected chi connectivity index (χ4v) is 1.66. The van der Waals surface area contributed by atoms with Crippen molar-refractivity contribution in [3.8, 4) is 0 Å². The lowest BCUT2D eigenvalue weighted by Gasteiger charge is -2.11. The van der Waals surface area contributed by atoms with Gasteiger partial charge in [-0.15, -0.1) is 0 Å². The Morgan fingerprint density at radius 1 is 0.846 bits per heavy atom. The average Bonchev–Trinajstić information content (AvgIpc) is 2.04. The molecule has 1 nitrogen and oxygen atoms in total. The summed E-state index contributed by atoms with van der Waals surface area (Å²) >= 11 is 0. The summed E-state index contributed by atoms with van der Waals surface area (Å²) in [6.45, 7) is 7.84. The normalized spacial score (nSPS) is 13.6. The van der Waals surface area contributed by atoms with Crippen LogP contribution in [0.5, 0.6) is 0 Å². The first-order valence-corrected chi connectivity index (χ1v) is 5.87. The van der Waals surface area contributed by atoms with Crippen LogP contribution in [0.15, 0.2) is 0 Å². The Bertz CT molecular complexity index is 99.3. The van der Waals surface area contributed by atoms with Crippen molar-refractivity contribution in [1.29, 1.82) is 0 Å². The van der Waals surface area contributed by atoms with Crippen molar-refractivity contribution in [2.75, 3.05) is 6.54 Å². The Morgan fingerprint density at radius 2 is 1.46 bits per heavy atom. The van der Waals surface area contributed by atoms with E-state index in [1.165, 1.54) is 38.5 Å². The first-order valence-electron chi connectivity index (χ1n) is 5.87. The topological polar surface area (TPSA) is 26.0 Å². The van der Waals surface area contributed by atoms with Gasteiger partial charge in [-0.3, -0.25) is 0 Å². The van der Waals surface area contributed by atoms with Gasteiger partial charge < -0.3 is 5.73 Å². The fraction of sp³-hybridized carbons (Fsp3) is 1.00. The number of hydrogen-bond donors (Lipinski definition) is 1. The van der Waals surface area contributed by atoms with Gasteiger partial charge in [0.05, 0.1) is 0 Å². The molecule has 1 unspecified atom stereocenters. The number of unbranched alkanes of at least 4 members (excludes halogenated alkanes) is 1. The molecule has 0 fully saturated rings. The van der Waals surface area contributed by atoms with Gasteiger partial charge >= 0.3 is 0 Å². The van der Waals surface area contributed by atoms with Crippen molar-refractivity contribution in [3.63, 3.8) is 0 Å². The molecule has 0 aromatic heterocycles. The van der Waals surface area contributed by atoms with E-state index in [1.54, 1.807) is 0 Å². The molecular formula is C12H27N. The van der Waals surface area contributed by atoms with E-state index in [-0.39, 0.29) is 0 Å². The molecule has 0 aromatic rings. The van der Waals surface area contributed by atoms with Crippen molar-refractivity contribution in [2.45, 2.75) is 59.3 Å². The predicted octanol–water partition coefficient (Wildman–Crippen LogP) is 3.58. The maximum atomic E-state index is 5.45. The highest BCUT2D eigenvalue weighted by Crippen LogP contribution is 2.16. The smallest absolute Gasteiger partial charge is 0.00773 e. The van der Waals surface area contributed by atoms with Crippen LogP contribution in [0.2, 0.25) is 0 Å². The molecule has 0 aromatic carbocycles. The molecule has 2 N–H and O–H groups in total. The predicted molar refractivity (Wildman–Crippen MR) is 60.8 cm³/mol. The van der Waals surface area contributed by atoms with Gasteiger partial charge in [0.1, 0.15) is 0 Å². The summed E-state index contributed by atoms with van der Waals surface area (Å²) in [7, 11) is 0. The van der Waals surface area contributed by atoms with Gasteiger partial charge in [-0.25, -0.2) is 0 Å². The lowest BCUT2D eigenvalue weighted by Crippen LogP contribution is -2.01. The molecule has 1 atom stereocenters. The minimum atomic E-state index is 0.860. The van der Waals surface area contributed by atoms with Crippen LogP contribution in [-0.2, 0) is 0 Å². The van der Waals surface area contributed by atoms with Gasteiger partial charge in [0, 0.05) is 0 Å². The second kappa shape index (κ2) is 8.55. The molecule has 0 rings (SSSR count). The number of nitrogens with two attached hydrogens (primary N) is 1. The van der Waals surface area contributed by atoms with Crippen LogP contribution in [0, 0.1) is 11.8 Å². The van der Waals surface area contributed by atoms with E-state index < -0.39 is 0 Å². The van der Waals surface area contributed by atoms with Crippen molar-refractivity contribution in [3.05, 3.63) is 0 Å². The number of rotatable bonds is 8. The molecule has 0 saturated heterocycles. The zero-order valence-corrected chi connectivity index (χ0v) is 9.68. The van der Waals surface area contributed by atoms with Crippen LogP contribution < -0.4 is 5.73 Å². The Morgan fingerprint density at radius 3 is 2.00 bits per heavy atom. The lowest BCUT2D eigenvalue weighted by atomic mass is 9.95. The zero-order valence-electron chi connectivity index (χ0n) is 9.68. The van der Waals surface area contributed by atoms with Crippen LogP contribution in [0.25, 0.3) is 0 Å². The third-order valence-corrected chi connectivity index (χ3v) is 2.63. The minimum Gasteiger partial charge on any atom is -0.330 e. The van der Waals surface area contributed by atoms with Crippen LogP contribution in [-0.4, -0.2) is 6.54 Å². The molecule has 0 aliphatic carbocycles. The first-order chi connectivity index (χ1) is 6.16. The van der Waals surface area contributed by atoms with E-state index in [0.29, 0.717) is 0 Å². The first kappa shape index (κ1) is 13.0. The highest BCUT2D eigenvalue weighted by atomic mass is 14.5. The third kappa shape index (κ3) is 9.88. The van der Waals surface area contributed by atoms with Gasteiger partial charge in [-0.2, -0.15) is 0 Å². The highest BCUT2D eigenvalue weighted by molar-refractivity contribution is 4.56. The van der Waals surface area contributed by atoms with E-state index in [4.69, 9.17) is 5.73 Å². The Hall–Kier alpha value is -0.0400. The largest absolute Gasteiger partial charge is 0.330 e. The summed E-state index contributed by atoms with van der Waals surface area (Å²) in [6.07, 6.45) is 8.09. The zero-order chi connectivity index (χ0) is 10.1. The fourth-order valence-electron chi connectivity index (χ4n) is 1.66.